The van der Waals surface area contributed by atoms with Crippen molar-refractivity contribution in [2.75, 3.05) is 0 Å². The van der Waals surface area contributed by atoms with Crippen molar-refractivity contribution in [3.8, 4) is 0 Å². The number of hydrogen-bond donors (Lipinski definition) is 1. The first kappa shape index (κ1) is 18.0. The van der Waals surface area contributed by atoms with Crippen LogP contribution in [0.1, 0.15) is 29.5 Å². The Kier molecular flexibility index (Phi) is 4.62. The highest BCUT2D eigenvalue weighted by Crippen LogP contribution is 2.49. The Morgan fingerprint density at radius 2 is 1.33 bits per heavy atom. The molecule has 0 saturated heterocycles. The third-order valence-electron chi connectivity index (χ3n) is 5.63. The number of sulfonamides is 1. The van der Waals surface area contributed by atoms with Crippen LogP contribution in [0.25, 0.3) is 0 Å². The Hall–Kier alpha value is -2.43. The van der Waals surface area contributed by atoms with Crippen molar-refractivity contribution in [3.05, 3.63) is 102 Å². The van der Waals surface area contributed by atoms with E-state index in [4.69, 9.17) is 0 Å². The molecule has 0 aliphatic heterocycles. The lowest BCUT2D eigenvalue weighted by atomic mass is 9.57. The quantitative estimate of drug-likeness (QED) is 0.715. The number of hydrogen-bond acceptors (Lipinski definition) is 2. The van der Waals surface area contributed by atoms with Crippen LogP contribution in [-0.4, -0.2) is 14.5 Å². The molecule has 4 heteroatoms. The molecule has 0 unspecified atom stereocenters. The van der Waals surface area contributed by atoms with E-state index in [1.165, 1.54) is 0 Å². The topological polar surface area (TPSA) is 46.2 Å². The molecule has 4 rings (SSSR count). The highest BCUT2D eigenvalue weighted by atomic mass is 32.2. The molecule has 0 heterocycles. The smallest absolute Gasteiger partial charge is 0.207 e. The fraction of sp³-hybridized carbons (Fsp3) is 0.217. The molecular formula is C23H23NO2S. The van der Waals surface area contributed by atoms with E-state index in [9.17, 15) is 8.42 Å². The standard InChI is InChI=1S/C23H23NO2S/c1-18-12-14-21(15-13-18)27(25,26)24-22-16-17-23(22,19-8-4-2-5-9-19)20-10-6-3-7-11-20/h2-15,22,24H,16-17H2,1H3/t22-/m0/s1. The summed E-state index contributed by atoms with van der Waals surface area (Å²) in [6.45, 7) is 1.95. The van der Waals surface area contributed by atoms with Gasteiger partial charge >= 0.3 is 0 Å². The number of nitrogens with one attached hydrogen (secondary N) is 1. The molecule has 0 radical (unpaired) electrons. The summed E-state index contributed by atoms with van der Waals surface area (Å²) in [5.41, 5.74) is 3.01. The summed E-state index contributed by atoms with van der Waals surface area (Å²) in [5, 5.41) is 0. The van der Waals surface area contributed by atoms with Crippen LogP contribution in [0, 0.1) is 6.92 Å². The molecule has 1 aliphatic carbocycles. The van der Waals surface area contributed by atoms with E-state index < -0.39 is 10.0 Å². The summed E-state index contributed by atoms with van der Waals surface area (Å²) >= 11 is 0. The first-order chi connectivity index (χ1) is 13.0. The summed E-state index contributed by atoms with van der Waals surface area (Å²) in [5.74, 6) is 0. The summed E-state index contributed by atoms with van der Waals surface area (Å²) in [6, 6.07) is 27.3. The molecule has 0 spiro atoms. The van der Waals surface area contributed by atoms with Gasteiger partial charge in [-0.25, -0.2) is 13.1 Å². The average molecular weight is 378 g/mol. The van der Waals surface area contributed by atoms with Gasteiger partial charge in [-0.3, -0.25) is 0 Å². The maximum Gasteiger partial charge on any atom is 0.240 e. The van der Waals surface area contributed by atoms with Crippen molar-refractivity contribution in [1.82, 2.24) is 4.72 Å². The summed E-state index contributed by atoms with van der Waals surface area (Å²) < 4.78 is 29.0. The molecule has 1 N–H and O–H groups in total. The molecule has 0 amide bonds. The second-order valence-electron chi connectivity index (χ2n) is 7.23. The molecule has 1 aliphatic rings. The van der Waals surface area contributed by atoms with E-state index in [0.29, 0.717) is 4.90 Å². The molecule has 138 valence electrons. The largest absolute Gasteiger partial charge is 0.240 e. The molecule has 3 aromatic rings. The third kappa shape index (κ3) is 3.20. The van der Waals surface area contributed by atoms with Crippen LogP contribution in [0.2, 0.25) is 0 Å². The van der Waals surface area contributed by atoms with Gasteiger partial charge in [0.15, 0.2) is 0 Å². The Balaban J connectivity index is 1.73. The molecule has 0 aromatic heterocycles. The molecular weight excluding hydrogens is 354 g/mol. The van der Waals surface area contributed by atoms with Crippen LogP contribution in [-0.2, 0) is 15.4 Å². The maximum atomic E-state index is 13.0. The van der Waals surface area contributed by atoms with E-state index in [1.54, 1.807) is 12.1 Å². The van der Waals surface area contributed by atoms with Gasteiger partial charge in [0.05, 0.1) is 4.90 Å². The van der Waals surface area contributed by atoms with Gasteiger partial charge in [0, 0.05) is 11.5 Å². The van der Waals surface area contributed by atoms with Gasteiger partial charge < -0.3 is 0 Å². The first-order valence-electron chi connectivity index (χ1n) is 9.22. The van der Waals surface area contributed by atoms with Crippen LogP contribution < -0.4 is 4.72 Å². The van der Waals surface area contributed by atoms with E-state index >= 15 is 0 Å². The van der Waals surface area contributed by atoms with E-state index in [0.717, 1.165) is 29.5 Å². The Labute approximate surface area is 161 Å². The zero-order valence-electron chi connectivity index (χ0n) is 15.3. The van der Waals surface area contributed by atoms with Gasteiger partial charge in [-0.2, -0.15) is 0 Å². The van der Waals surface area contributed by atoms with Crippen LogP contribution in [0.5, 0.6) is 0 Å². The first-order valence-corrected chi connectivity index (χ1v) is 10.7. The number of benzene rings is 3. The number of rotatable bonds is 5. The minimum atomic E-state index is -3.57. The van der Waals surface area contributed by atoms with Crippen molar-refractivity contribution < 1.29 is 8.42 Å². The van der Waals surface area contributed by atoms with Crippen LogP contribution in [0.15, 0.2) is 89.8 Å². The van der Waals surface area contributed by atoms with Crippen LogP contribution >= 0.6 is 0 Å². The van der Waals surface area contributed by atoms with Gasteiger partial charge in [-0.1, -0.05) is 78.4 Å². The Morgan fingerprint density at radius 1 is 0.815 bits per heavy atom. The fourth-order valence-corrected chi connectivity index (χ4v) is 5.36. The maximum absolute atomic E-state index is 13.0. The minimum Gasteiger partial charge on any atom is -0.207 e. The van der Waals surface area contributed by atoms with E-state index in [1.807, 2.05) is 55.5 Å². The summed E-state index contributed by atoms with van der Waals surface area (Å²) in [6.07, 6.45) is 1.73. The van der Waals surface area contributed by atoms with Crippen LogP contribution in [0.3, 0.4) is 0 Å². The fourth-order valence-electron chi connectivity index (χ4n) is 4.04. The Bertz CT molecular complexity index is 973. The summed E-state index contributed by atoms with van der Waals surface area (Å²) in [7, 11) is -3.57. The van der Waals surface area contributed by atoms with E-state index in [2.05, 4.69) is 29.0 Å². The minimum absolute atomic E-state index is 0.173. The van der Waals surface area contributed by atoms with Crippen molar-refractivity contribution >= 4 is 10.0 Å². The monoisotopic (exact) mass is 377 g/mol. The molecule has 1 atom stereocenters. The number of aryl methyl sites for hydroxylation is 1. The molecule has 3 nitrogen and oxygen atoms in total. The normalized spacial score (nSPS) is 18.6. The van der Waals surface area contributed by atoms with Crippen molar-refractivity contribution in [1.29, 1.82) is 0 Å². The third-order valence-corrected chi connectivity index (χ3v) is 7.12. The van der Waals surface area contributed by atoms with Gasteiger partial charge in [0.1, 0.15) is 0 Å². The lowest BCUT2D eigenvalue weighted by molar-refractivity contribution is 0.224. The Morgan fingerprint density at radius 3 is 1.78 bits per heavy atom. The van der Waals surface area contributed by atoms with Gasteiger partial charge in [0.2, 0.25) is 10.0 Å². The van der Waals surface area contributed by atoms with Gasteiger partial charge in [-0.05, 0) is 43.0 Å². The second-order valence-corrected chi connectivity index (χ2v) is 8.94. The zero-order valence-corrected chi connectivity index (χ0v) is 16.1. The molecule has 1 fully saturated rings. The lowest BCUT2D eigenvalue weighted by Gasteiger charge is -2.50. The molecule has 1 saturated carbocycles. The molecule has 27 heavy (non-hydrogen) atoms. The van der Waals surface area contributed by atoms with Crippen molar-refractivity contribution in [2.24, 2.45) is 0 Å². The van der Waals surface area contributed by atoms with Crippen molar-refractivity contribution in [2.45, 2.75) is 36.1 Å². The second kappa shape index (κ2) is 6.95. The predicted molar refractivity (Wildman–Crippen MR) is 108 cm³/mol. The van der Waals surface area contributed by atoms with E-state index in [-0.39, 0.29) is 11.5 Å². The van der Waals surface area contributed by atoms with Crippen molar-refractivity contribution in [3.63, 3.8) is 0 Å². The SMILES string of the molecule is Cc1ccc(S(=O)(=O)N[C@H]2CCC2(c2ccccc2)c2ccccc2)cc1. The highest BCUT2D eigenvalue weighted by Gasteiger charge is 2.50. The van der Waals surface area contributed by atoms with Crippen LogP contribution in [0.4, 0.5) is 0 Å². The zero-order chi connectivity index (χ0) is 18.9. The average Bonchev–Trinajstić information content (AvgIpc) is 2.68. The highest BCUT2D eigenvalue weighted by molar-refractivity contribution is 7.89. The molecule has 0 bridgehead atoms. The predicted octanol–water partition coefficient (Wildman–Crippen LogP) is 4.42. The van der Waals surface area contributed by atoms with Gasteiger partial charge in [0.25, 0.3) is 0 Å². The molecule has 3 aromatic carbocycles. The van der Waals surface area contributed by atoms with Gasteiger partial charge in [-0.15, -0.1) is 0 Å². The lowest BCUT2D eigenvalue weighted by Crippen LogP contribution is -2.58. The summed E-state index contributed by atoms with van der Waals surface area (Å²) in [4.78, 5) is 0.315.